The zero-order valence-electron chi connectivity index (χ0n) is 13.1. The molecule has 1 N–H and O–H groups in total. The van der Waals surface area contributed by atoms with Crippen LogP contribution in [0.25, 0.3) is 0 Å². The first-order chi connectivity index (χ1) is 9.46. The minimum Gasteiger partial charge on any atom is -0.409 e. The summed E-state index contributed by atoms with van der Waals surface area (Å²) in [4.78, 5) is 5.60. The average Bonchev–Trinajstić information content (AvgIpc) is 2.75. The van der Waals surface area contributed by atoms with Crippen LogP contribution in [-0.2, 0) is 4.74 Å². The third kappa shape index (κ3) is 4.50. The monoisotopic (exact) mass is 277 g/mol. The second-order valence-electron chi connectivity index (χ2n) is 6.55. The summed E-state index contributed by atoms with van der Waals surface area (Å²) in [5, 5.41) is 0. The van der Waals surface area contributed by atoms with Crippen LogP contribution in [0.3, 0.4) is 0 Å². The average molecular weight is 277 g/mol. The molecule has 3 heteroatoms. The second-order valence-corrected chi connectivity index (χ2v) is 6.55. The Kier molecular flexibility index (Phi) is 5.06. The van der Waals surface area contributed by atoms with Gasteiger partial charge in [-0.25, -0.2) is 0 Å². The van der Waals surface area contributed by atoms with Crippen molar-refractivity contribution in [3.63, 3.8) is 0 Å². The normalized spacial score (nSPS) is 21.4. The van der Waals surface area contributed by atoms with Gasteiger partial charge in [-0.3, -0.25) is 0 Å². The van der Waals surface area contributed by atoms with Gasteiger partial charge in [0.2, 0.25) is 0 Å². The molecule has 0 spiro atoms. The number of rotatable bonds is 6. The lowest BCUT2D eigenvalue weighted by molar-refractivity contribution is -0.0206. The van der Waals surface area contributed by atoms with Gasteiger partial charge in [-0.1, -0.05) is 26.0 Å². The maximum Gasteiger partial charge on any atom is 0.147 e. The fraction of sp³-hybridized carbons (Fsp3) is 0.647. The molecule has 0 aliphatic carbocycles. The summed E-state index contributed by atoms with van der Waals surface area (Å²) in [6, 6.07) is 8.24. The van der Waals surface area contributed by atoms with Crippen molar-refractivity contribution in [2.45, 2.75) is 64.6 Å². The summed E-state index contributed by atoms with van der Waals surface area (Å²) in [7, 11) is 0. The van der Waals surface area contributed by atoms with Gasteiger partial charge in [-0.05, 0) is 56.7 Å². The molecule has 112 valence electrons. The number of ether oxygens (including phenoxy) is 1. The third-order valence-electron chi connectivity index (χ3n) is 3.84. The van der Waals surface area contributed by atoms with Gasteiger partial charge in [-0.2, -0.15) is 5.48 Å². The Balaban J connectivity index is 1.70. The molecular formula is C17H27NO2. The Morgan fingerprint density at radius 1 is 1.40 bits per heavy atom. The Hall–Kier alpha value is -1.06. The standard InChI is InChI=1S/C17H27NO2/c1-13(2)14-6-5-7-16(12-14)20-18-11-9-15-8-10-17(3,4)19-15/h5-7,12-13,15,18H,8-11H2,1-4H3. The van der Waals surface area contributed by atoms with E-state index in [4.69, 9.17) is 9.57 Å². The smallest absolute Gasteiger partial charge is 0.147 e. The van der Waals surface area contributed by atoms with Crippen molar-refractivity contribution in [3.8, 4) is 5.75 Å². The number of benzene rings is 1. The molecule has 0 radical (unpaired) electrons. The van der Waals surface area contributed by atoms with E-state index in [9.17, 15) is 0 Å². The van der Waals surface area contributed by atoms with Crippen LogP contribution < -0.4 is 10.3 Å². The van der Waals surface area contributed by atoms with Gasteiger partial charge in [-0.15, -0.1) is 0 Å². The van der Waals surface area contributed by atoms with Crippen LogP contribution in [0, 0.1) is 0 Å². The molecule has 1 saturated heterocycles. The Bertz CT molecular complexity index is 429. The molecule has 0 aromatic heterocycles. The van der Waals surface area contributed by atoms with Crippen LogP contribution in [0.5, 0.6) is 5.75 Å². The fourth-order valence-electron chi connectivity index (χ4n) is 2.57. The molecule has 20 heavy (non-hydrogen) atoms. The van der Waals surface area contributed by atoms with E-state index in [0.717, 1.165) is 31.6 Å². The summed E-state index contributed by atoms with van der Waals surface area (Å²) in [5.41, 5.74) is 4.39. The molecule has 1 heterocycles. The molecule has 1 atom stereocenters. The van der Waals surface area contributed by atoms with E-state index in [1.165, 1.54) is 5.56 Å². The van der Waals surface area contributed by atoms with E-state index in [0.29, 0.717) is 12.0 Å². The van der Waals surface area contributed by atoms with Gasteiger partial charge in [0.05, 0.1) is 11.7 Å². The predicted octanol–water partition coefficient (Wildman–Crippen LogP) is 4.04. The highest BCUT2D eigenvalue weighted by Gasteiger charge is 2.30. The molecule has 1 aromatic rings. The van der Waals surface area contributed by atoms with E-state index >= 15 is 0 Å². The third-order valence-corrected chi connectivity index (χ3v) is 3.84. The first-order valence-electron chi connectivity index (χ1n) is 7.64. The number of hydrogen-bond acceptors (Lipinski definition) is 3. The van der Waals surface area contributed by atoms with Gasteiger partial charge in [0, 0.05) is 6.54 Å². The molecule has 0 saturated carbocycles. The molecule has 1 fully saturated rings. The molecule has 2 rings (SSSR count). The summed E-state index contributed by atoms with van der Waals surface area (Å²) >= 11 is 0. The SMILES string of the molecule is CC(C)c1cccc(ONCCC2CCC(C)(C)O2)c1. The summed E-state index contributed by atoms with van der Waals surface area (Å²) in [5.74, 6) is 1.40. The van der Waals surface area contributed by atoms with Gasteiger partial charge in [0.1, 0.15) is 5.75 Å². The number of hydroxylamine groups is 1. The molecule has 0 bridgehead atoms. The minimum atomic E-state index is 0.0527. The lowest BCUT2D eigenvalue weighted by Gasteiger charge is -2.19. The van der Waals surface area contributed by atoms with Crippen LogP contribution in [0.15, 0.2) is 24.3 Å². The topological polar surface area (TPSA) is 30.5 Å². The first-order valence-corrected chi connectivity index (χ1v) is 7.64. The second kappa shape index (κ2) is 6.59. The number of nitrogens with one attached hydrogen (secondary N) is 1. The largest absolute Gasteiger partial charge is 0.409 e. The van der Waals surface area contributed by atoms with Crippen molar-refractivity contribution in [2.75, 3.05) is 6.54 Å². The molecular weight excluding hydrogens is 250 g/mol. The van der Waals surface area contributed by atoms with Gasteiger partial charge < -0.3 is 9.57 Å². The van der Waals surface area contributed by atoms with Crippen LogP contribution in [0.2, 0.25) is 0 Å². The maximum absolute atomic E-state index is 5.96. The van der Waals surface area contributed by atoms with Gasteiger partial charge in [0.25, 0.3) is 0 Å². The number of hydrogen-bond donors (Lipinski definition) is 1. The molecule has 1 aromatic carbocycles. The van der Waals surface area contributed by atoms with Crippen LogP contribution in [0.1, 0.15) is 58.4 Å². The summed E-state index contributed by atoms with van der Waals surface area (Å²) in [6.45, 7) is 9.51. The van der Waals surface area contributed by atoms with Crippen LogP contribution >= 0.6 is 0 Å². The minimum absolute atomic E-state index is 0.0527. The highest BCUT2D eigenvalue weighted by Crippen LogP contribution is 2.30. The fourth-order valence-corrected chi connectivity index (χ4v) is 2.57. The van der Waals surface area contributed by atoms with Gasteiger partial charge >= 0.3 is 0 Å². The van der Waals surface area contributed by atoms with Crippen LogP contribution in [-0.4, -0.2) is 18.2 Å². The van der Waals surface area contributed by atoms with E-state index in [2.05, 4.69) is 45.3 Å². The molecule has 1 aliphatic rings. The highest BCUT2D eigenvalue weighted by atomic mass is 16.6. The maximum atomic E-state index is 5.96. The summed E-state index contributed by atoms with van der Waals surface area (Å²) < 4.78 is 5.96. The first kappa shape index (κ1) is 15.3. The molecule has 3 nitrogen and oxygen atoms in total. The van der Waals surface area contributed by atoms with Crippen molar-refractivity contribution in [1.82, 2.24) is 5.48 Å². The zero-order chi connectivity index (χ0) is 14.6. The van der Waals surface area contributed by atoms with Crippen molar-refractivity contribution in [3.05, 3.63) is 29.8 Å². The molecule has 0 amide bonds. The van der Waals surface area contributed by atoms with E-state index in [1.54, 1.807) is 0 Å². The zero-order valence-corrected chi connectivity index (χ0v) is 13.1. The van der Waals surface area contributed by atoms with Crippen molar-refractivity contribution < 1.29 is 9.57 Å². The van der Waals surface area contributed by atoms with E-state index < -0.39 is 0 Å². The lowest BCUT2D eigenvalue weighted by Crippen LogP contribution is -2.25. The quantitative estimate of drug-likeness (QED) is 0.629. The predicted molar refractivity (Wildman–Crippen MR) is 82.0 cm³/mol. The molecule has 1 aliphatic heterocycles. The lowest BCUT2D eigenvalue weighted by atomic mass is 10.0. The Morgan fingerprint density at radius 2 is 2.20 bits per heavy atom. The summed E-state index contributed by atoms with van der Waals surface area (Å²) in [6.07, 6.45) is 3.66. The Morgan fingerprint density at radius 3 is 2.85 bits per heavy atom. The Labute approximate surface area is 122 Å². The van der Waals surface area contributed by atoms with Crippen molar-refractivity contribution in [1.29, 1.82) is 0 Å². The van der Waals surface area contributed by atoms with E-state index in [1.807, 2.05) is 12.1 Å². The van der Waals surface area contributed by atoms with Crippen LogP contribution in [0.4, 0.5) is 0 Å². The van der Waals surface area contributed by atoms with Crippen molar-refractivity contribution in [2.24, 2.45) is 0 Å². The molecule has 1 unspecified atom stereocenters. The van der Waals surface area contributed by atoms with Crippen molar-refractivity contribution >= 4 is 0 Å². The van der Waals surface area contributed by atoms with Gasteiger partial charge in [0.15, 0.2) is 0 Å². The highest BCUT2D eigenvalue weighted by molar-refractivity contribution is 5.30. The van der Waals surface area contributed by atoms with E-state index in [-0.39, 0.29) is 5.60 Å².